The zero-order chi connectivity index (χ0) is 24.5. The van der Waals surface area contributed by atoms with Crippen molar-refractivity contribution in [2.24, 2.45) is 0 Å². The number of pyridine rings is 1. The van der Waals surface area contributed by atoms with Crippen molar-refractivity contribution in [2.45, 2.75) is 25.6 Å². The molecule has 4 aromatic rings. The summed E-state index contributed by atoms with van der Waals surface area (Å²) in [4.78, 5) is 33.0. The largest absolute Gasteiger partial charge is 0.350 e. The Morgan fingerprint density at radius 2 is 1.40 bits per heavy atom. The molecule has 0 aliphatic carbocycles. The Morgan fingerprint density at radius 3 is 2.06 bits per heavy atom. The highest BCUT2D eigenvalue weighted by Gasteiger charge is 2.31. The highest BCUT2D eigenvalue weighted by atomic mass is 35.5. The van der Waals surface area contributed by atoms with Crippen LogP contribution < -0.4 is 5.32 Å². The van der Waals surface area contributed by atoms with Gasteiger partial charge in [-0.25, -0.2) is 0 Å². The van der Waals surface area contributed by atoms with Crippen molar-refractivity contribution < 1.29 is 9.59 Å². The third-order valence-electron chi connectivity index (χ3n) is 5.68. The van der Waals surface area contributed by atoms with Crippen LogP contribution in [-0.4, -0.2) is 21.7 Å². The number of aromatic nitrogens is 1. The Bertz CT molecular complexity index is 1230. The van der Waals surface area contributed by atoms with Gasteiger partial charge in [0.15, 0.2) is 0 Å². The van der Waals surface area contributed by atoms with Gasteiger partial charge in [0.05, 0.1) is 6.42 Å². The fourth-order valence-electron chi connectivity index (χ4n) is 3.88. The summed E-state index contributed by atoms with van der Waals surface area (Å²) in [6.45, 7) is 0.644. The van der Waals surface area contributed by atoms with Crippen molar-refractivity contribution in [1.29, 1.82) is 0 Å². The van der Waals surface area contributed by atoms with E-state index in [2.05, 4.69) is 10.3 Å². The number of hydrogen-bond acceptors (Lipinski definition) is 3. The van der Waals surface area contributed by atoms with E-state index in [0.717, 1.165) is 22.3 Å². The number of nitrogens with zero attached hydrogens (tertiary/aromatic N) is 2. The SMILES string of the molecule is O=C(NCc1ccncc1)[C@H](c1ccccc1)N(Cc1ccccc1)C(=O)Cc1ccc(Cl)cc1. The van der Waals surface area contributed by atoms with Crippen molar-refractivity contribution in [3.05, 3.63) is 137 Å². The second kappa shape index (κ2) is 12.0. The van der Waals surface area contributed by atoms with E-state index in [0.29, 0.717) is 18.1 Å². The number of benzene rings is 3. The minimum absolute atomic E-state index is 0.149. The van der Waals surface area contributed by atoms with Crippen molar-refractivity contribution >= 4 is 23.4 Å². The molecule has 0 saturated carbocycles. The monoisotopic (exact) mass is 483 g/mol. The van der Waals surface area contributed by atoms with Crippen LogP contribution in [-0.2, 0) is 29.1 Å². The molecule has 4 rings (SSSR count). The number of rotatable bonds is 9. The predicted molar refractivity (Wildman–Crippen MR) is 137 cm³/mol. The molecule has 5 nitrogen and oxygen atoms in total. The normalized spacial score (nSPS) is 11.5. The Hall–Kier alpha value is -3.96. The standard InChI is InChI=1S/C29H26ClN3O2/c30-26-13-11-22(12-14-26)19-27(34)33(21-24-7-3-1-4-8-24)28(25-9-5-2-6-10-25)29(35)32-20-23-15-17-31-18-16-23/h1-18,28H,19-21H2,(H,32,35)/t28-/m0/s1. The van der Waals surface area contributed by atoms with E-state index >= 15 is 0 Å². The lowest BCUT2D eigenvalue weighted by atomic mass is 10.0. The number of halogens is 1. The van der Waals surface area contributed by atoms with Gasteiger partial charge in [0.1, 0.15) is 6.04 Å². The quantitative estimate of drug-likeness (QED) is 0.348. The van der Waals surface area contributed by atoms with Gasteiger partial charge >= 0.3 is 0 Å². The molecule has 1 heterocycles. The highest BCUT2D eigenvalue weighted by Crippen LogP contribution is 2.25. The molecule has 0 bridgehead atoms. The lowest BCUT2D eigenvalue weighted by Crippen LogP contribution is -2.43. The van der Waals surface area contributed by atoms with Gasteiger partial charge in [-0.1, -0.05) is 84.4 Å². The van der Waals surface area contributed by atoms with Crippen LogP contribution >= 0.6 is 11.6 Å². The first-order valence-electron chi connectivity index (χ1n) is 11.4. The van der Waals surface area contributed by atoms with Gasteiger partial charge in [0.2, 0.25) is 11.8 Å². The van der Waals surface area contributed by atoms with E-state index in [9.17, 15) is 9.59 Å². The molecule has 1 aromatic heterocycles. The molecular formula is C29H26ClN3O2. The molecule has 0 saturated heterocycles. The van der Waals surface area contributed by atoms with Gasteiger partial charge in [-0.05, 0) is 46.5 Å². The van der Waals surface area contributed by atoms with E-state index in [4.69, 9.17) is 11.6 Å². The molecule has 1 atom stereocenters. The van der Waals surface area contributed by atoms with Gasteiger partial charge in [0, 0.05) is 30.5 Å². The minimum atomic E-state index is -0.793. The molecule has 1 N–H and O–H groups in total. The molecule has 2 amide bonds. The lowest BCUT2D eigenvalue weighted by Gasteiger charge is -2.32. The van der Waals surface area contributed by atoms with E-state index in [1.54, 1.807) is 29.4 Å². The summed E-state index contributed by atoms with van der Waals surface area (Å²) in [5.74, 6) is -0.391. The molecule has 6 heteroatoms. The average Bonchev–Trinajstić information content (AvgIpc) is 2.90. The maximum absolute atomic E-state index is 13.7. The first kappa shape index (κ1) is 24.2. The minimum Gasteiger partial charge on any atom is -0.350 e. The molecule has 0 spiro atoms. The summed E-state index contributed by atoms with van der Waals surface area (Å²) in [6, 6.07) is 29.2. The van der Waals surface area contributed by atoms with Gasteiger partial charge < -0.3 is 10.2 Å². The van der Waals surface area contributed by atoms with Crippen molar-refractivity contribution in [2.75, 3.05) is 0 Å². The van der Waals surface area contributed by atoms with Crippen LogP contribution in [0.3, 0.4) is 0 Å². The molecular weight excluding hydrogens is 458 g/mol. The molecule has 0 aliphatic heterocycles. The van der Waals surface area contributed by atoms with Crippen LogP contribution in [0.4, 0.5) is 0 Å². The smallest absolute Gasteiger partial charge is 0.247 e. The highest BCUT2D eigenvalue weighted by molar-refractivity contribution is 6.30. The van der Waals surface area contributed by atoms with Gasteiger partial charge in [-0.3, -0.25) is 14.6 Å². The number of nitrogens with one attached hydrogen (secondary N) is 1. The third kappa shape index (κ3) is 6.78. The Morgan fingerprint density at radius 1 is 0.771 bits per heavy atom. The van der Waals surface area contributed by atoms with Crippen LogP contribution in [0.2, 0.25) is 5.02 Å². The van der Waals surface area contributed by atoms with Crippen molar-refractivity contribution in [3.8, 4) is 0 Å². The first-order valence-corrected chi connectivity index (χ1v) is 11.8. The van der Waals surface area contributed by atoms with E-state index in [1.807, 2.05) is 84.9 Å². The number of carbonyl (C=O) groups is 2. The van der Waals surface area contributed by atoms with E-state index < -0.39 is 6.04 Å². The molecule has 176 valence electrons. The average molecular weight is 484 g/mol. The van der Waals surface area contributed by atoms with Crippen LogP contribution in [0.25, 0.3) is 0 Å². The summed E-state index contributed by atoms with van der Waals surface area (Å²) in [6.07, 6.45) is 3.53. The summed E-state index contributed by atoms with van der Waals surface area (Å²) in [5.41, 5.74) is 3.46. The molecule has 0 unspecified atom stereocenters. The Balaban J connectivity index is 1.66. The van der Waals surface area contributed by atoms with E-state index in [-0.39, 0.29) is 18.2 Å². The molecule has 0 aliphatic rings. The van der Waals surface area contributed by atoms with Crippen LogP contribution in [0.15, 0.2) is 109 Å². The summed E-state index contributed by atoms with van der Waals surface area (Å²) in [5, 5.41) is 3.62. The second-order valence-corrected chi connectivity index (χ2v) is 8.63. The third-order valence-corrected chi connectivity index (χ3v) is 5.93. The molecule has 0 fully saturated rings. The Labute approximate surface area is 210 Å². The summed E-state index contributed by atoms with van der Waals surface area (Å²) >= 11 is 6.02. The van der Waals surface area contributed by atoms with Gasteiger partial charge in [-0.2, -0.15) is 0 Å². The van der Waals surface area contributed by atoms with Crippen molar-refractivity contribution in [3.63, 3.8) is 0 Å². The van der Waals surface area contributed by atoms with Crippen molar-refractivity contribution in [1.82, 2.24) is 15.2 Å². The maximum Gasteiger partial charge on any atom is 0.247 e. The zero-order valence-electron chi connectivity index (χ0n) is 19.2. The summed E-state index contributed by atoms with van der Waals surface area (Å²) < 4.78 is 0. The topological polar surface area (TPSA) is 62.3 Å². The van der Waals surface area contributed by atoms with Crippen LogP contribution in [0.5, 0.6) is 0 Å². The fraction of sp³-hybridized carbons (Fsp3) is 0.138. The Kier molecular flexibility index (Phi) is 8.25. The molecule has 0 radical (unpaired) electrons. The number of hydrogen-bond donors (Lipinski definition) is 1. The predicted octanol–water partition coefficient (Wildman–Crippen LogP) is 5.36. The summed E-state index contributed by atoms with van der Waals surface area (Å²) in [7, 11) is 0. The first-order chi connectivity index (χ1) is 17.1. The lowest BCUT2D eigenvalue weighted by molar-refractivity contribution is -0.141. The number of amides is 2. The molecule has 35 heavy (non-hydrogen) atoms. The maximum atomic E-state index is 13.7. The second-order valence-electron chi connectivity index (χ2n) is 8.20. The van der Waals surface area contributed by atoms with Crippen LogP contribution in [0.1, 0.15) is 28.3 Å². The molecule has 3 aromatic carbocycles. The van der Waals surface area contributed by atoms with E-state index in [1.165, 1.54) is 0 Å². The zero-order valence-corrected chi connectivity index (χ0v) is 19.9. The van der Waals surface area contributed by atoms with Gasteiger partial charge in [-0.15, -0.1) is 0 Å². The number of carbonyl (C=O) groups excluding carboxylic acids is 2. The fourth-order valence-corrected chi connectivity index (χ4v) is 4.00. The van der Waals surface area contributed by atoms with Crippen LogP contribution in [0, 0.1) is 0 Å². The van der Waals surface area contributed by atoms with Gasteiger partial charge in [0.25, 0.3) is 0 Å².